The number of Topliss-reactive ketones (excluding diaryl/α,β-unsaturated/α-hetero) is 1. The Bertz CT molecular complexity index is 973. The Hall–Kier alpha value is -3.28. The maximum Gasteiger partial charge on any atom is 0.235 e. The quantitative estimate of drug-likeness (QED) is 0.683. The molecule has 0 unspecified atom stereocenters. The summed E-state index contributed by atoms with van der Waals surface area (Å²) in [4.78, 5) is 23.5. The van der Waals surface area contributed by atoms with Gasteiger partial charge < -0.3 is 18.6 Å². The standard InChI is InChI=1S/C19H16O6/c1-12(20)10-23-14-6-7-16-17(9-14)24-11-18(19(16)21)25-15-5-3-4-13(8-15)22-2/h3-9,11H,10H2,1-2H3. The molecule has 0 fully saturated rings. The van der Waals surface area contributed by atoms with Gasteiger partial charge in [0.15, 0.2) is 5.78 Å². The van der Waals surface area contributed by atoms with E-state index >= 15 is 0 Å². The number of hydrogen-bond acceptors (Lipinski definition) is 6. The van der Waals surface area contributed by atoms with Crippen LogP contribution in [0.2, 0.25) is 0 Å². The summed E-state index contributed by atoms with van der Waals surface area (Å²) in [5.74, 6) is 1.51. The first-order valence-corrected chi connectivity index (χ1v) is 7.56. The topological polar surface area (TPSA) is 75.0 Å². The number of methoxy groups -OCH3 is 1. The lowest BCUT2D eigenvalue weighted by Gasteiger charge is -2.08. The first-order valence-electron chi connectivity index (χ1n) is 7.56. The molecule has 25 heavy (non-hydrogen) atoms. The molecule has 3 rings (SSSR count). The van der Waals surface area contributed by atoms with Crippen molar-refractivity contribution in [1.82, 2.24) is 0 Å². The molecular weight excluding hydrogens is 324 g/mol. The fourth-order valence-electron chi connectivity index (χ4n) is 2.23. The van der Waals surface area contributed by atoms with Gasteiger partial charge in [-0.05, 0) is 31.2 Å². The van der Waals surface area contributed by atoms with Gasteiger partial charge in [0.2, 0.25) is 11.2 Å². The fourth-order valence-corrected chi connectivity index (χ4v) is 2.23. The molecule has 0 aliphatic heterocycles. The number of hydrogen-bond donors (Lipinski definition) is 0. The van der Waals surface area contributed by atoms with E-state index in [-0.39, 0.29) is 23.6 Å². The Morgan fingerprint density at radius 1 is 1.08 bits per heavy atom. The van der Waals surface area contributed by atoms with E-state index in [4.69, 9.17) is 18.6 Å². The van der Waals surface area contributed by atoms with Crippen molar-refractivity contribution in [2.24, 2.45) is 0 Å². The summed E-state index contributed by atoms with van der Waals surface area (Å²) in [5.41, 5.74) is 0.0474. The van der Waals surface area contributed by atoms with Crippen LogP contribution in [0.4, 0.5) is 0 Å². The van der Waals surface area contributed by atoms with Crippen LogP contribution in [0.3, 0.4) is 0 Å². The number of carbonyl (C=O) groups is 1. The third-order valence-electron chi connectivity index (χ3n) is 3.43. The molecule has 1 aromatic heterocycles. The summed E-state index contributed by atoms with van der Waals surface area (Å²) in [6.07, 6.45) is 1.25. The van der Waals surface area contributed by atoms with Crippen LogP contribution in [0, 0.1) is 0 Å². The fraction of sp³-hybridized carbons (Fsp3) is 0.158. The molecule has 3 aromatic rings. The van der Waals surface area contributed by atoms with E-state index in [0.717, 1.165) is 0 Å². The molecule has 0 saturated heterocycles. The van der Waals surface area contributed by atoms with Crippen LogP contribution < -0.4 is 19.6 Å². The molecule has 6 heteroatoms. The van der Waals surface area contributed by atoms with E-state index in [1.807, 2.05) is 0 Å². The molecule has 0 radical (unpaired) electrons. The van der Waals surface area contributed by atoms with Crippen LogP contribution in [0.15, 0.2) is 57.9 Å². The van der Waals surface area contributed by atoms with Crippen molar-refractivity contribution in [2.45, 2.75) is 6.92 Å². The van der Waals surface area contributed by atoms with Crippen molar-refractivity contribution >= 4 is 16.8 Å². The number of ketones is 1. The Kier molecular flexibility index (Phi) is 4.70. The predicted octanol–water partition coefficient (Wildman–Crippen LogP) is 3.56. The van der Waals surface area contributed by atoms with Gasteiger partial charge in [-0.1, -0.05) is 6.07 Å². The van der Waals surface area contributed by atoms with Crippen molar-refractivity contribution in [2.75, 3.05) is 13.7 Å². The minimum Gasteiger partial charge on any atom is -0.497 e. The summed E-state index contributed by atoms with van der Waals surface area (Å²) in [5, 5.41) is 0.357. The van der Waals surface area contributed by atoms with Crippen LogP contribution in [-0.4, -0.2) is 19.5 Å². The van der Waals surface area contributed by atoms with Crippen LogP contribution in [0.1, 0.15) is 6.92 Å². The zero-order valence-electron chi connectivity index (χ0n) is 13.8. The average Bonchev–Trinajstić information content (AvgIpc) is 2.62. The van der Waals surface area contributed by atoms with Gasteiger partial charge in [-0.25, -0.2) is 0 Å². The van der Waals surface area contributed by atoms with Gasteiger partial charge in [0.25, 0.3) is 0 Å². The van der Waals surface area contributed by atoms with E-state index < -0.39 is 0 Å². The minimum absolute atomic E-state index is 0.0349. The molecule has 0 atom stereocenters. The van der Waals surface area contributed by atoms with Gasteiger partial charge in [-0.2, -0.15) is 0 Å². The van der Waals surface area contributed by atoms with Crippen molar-refractivity contribution < 1.29 is 23.4 Å². The monoisotopic (exact) mass is 340 g/mol. The largest absolute Gasteiger partial charge is 0.497 e. The second-order valence-corrected chi connectivity index (χ2v) is 5.36. The molecule has 0 N–H and O–H groups in total. The number of ether oxygens (including phenoxy) is 3. The SMILES string of the molecule is COc1cccc(Oc2coc3cc(OCC(C)=O)ccc3c2=O)c1. The first kappa shape index (κ1) is 16.6. The molecule has 0 bridgehead atoms. The number of fused-ring (bicyclic) bond motifs is 1. The summed E-state index contributed by atoms with van der Waals surface area (Å²) in [7, 11) is 1.55. The molecule has 0 spiro atoms. The lowest BCUT2D eigenvalue weighted by molar-refractivity contribution is -0.118. The summed E-state index contributed by atoms with van der Waals surface area (Å²) < 4.78 is 21.5. The number of carbonyl (C=O) groups excluding carboxylic acids is 1. The van der Waals surface area contributed by atoms with Gasteiger partial charge in [-0.15, -0.1) is 0 Å². The molecule has 0 amide bonds. The van der Waals surface area contributed by atoms with Gasteiger partial charge in [0.05, 0.1) is 12.5 Å². The predicted molar refractivity (Wildman–Crippen MR) is 91.7 cm³/mol. The highest BCUT2D eigenvalue weighted by atomic mass is 16.5. The molecule has 128 valence electrons. The lowest BCUT2D eigenvalue weighted by atomic mass is 10.2. The van der Waals surface area contributed by atoms with E-state index in [9.17, 15) is 9.59 Å². The highest BCUT2D eigenvalue weighted by Crippen LogP contribution is 2.26. The zero-order chi connectivity index (χ0) is 17.8. The highest BCUT2D eigenvalue weighted by molar-refractivity contribution is 5.80. The number of benzene rings is 2. The summed E-state index contributed by atoms with van der Waals surface area (Å²) in [6, 6.07) is 11.7. The molecule has 6 nitrogen and oxygen atoms in total. The van der Waals surface area contributed by atoms with Crippen LogP contribution in [0.5, 0.6) is 23.0 Å². The third-order valence-corrected chi connectivity index (χ3v) is 3.43. The number of rotatable bonds is 6. The van der Waals surface area contributed by atoms with Crippen molar-refractivity contribution in [1.29, 1.82) is 0 Å². The van der Waals surface area contributed by atoms with E-state index in [1.165, 1.54) is 13.2 Å². The highest BCUT2D eigenvalue weighted by Gasteiger charge is 2.11. The van der Waals surface area contributed by atoms with Gasteiger partial charge in [0.1, 0.15) is 35.7 Å². The lowest BCUT2D eigenvalue weighted by Crippen LogP contribution is -2.07. The van der Waals surface area contributed by atoms with Crippen LogP contribution in [0.25, 0.3) is 11.0 Å². The van der Waals surface area contributed by atoms with Gasteiger partial charge in [0, 0.05) is 12.1 Å². The molecule has 0 saturated carbocycles. The second kappa shape index (κ2) is 7.09. The summed E-state index contributed by atoms with van der Waals surface area (Å²) >= 11 is 0. The third kappa shape index (κ3) is 3.80. The normalized spacial score (nSPS) is 10.5. The van der Waals surface area contributed by atoms with Crippen LogP contribution >= 0.6 is 0 Å². The minimum atomic E-state index is -0.304. The van der Waals surface area contributed by atoms with Gasteiger partial charge >= 0.3 is 0 Å². The maximum atomic E-state index is 12.6. The molecule has 0 aliphatic carbocycles. The average molecular weight is 340 g/mol. The Morgan fingerprint density at radius 3 is 2.64 bits per heavy atom. The van der Waals surface area contributed by atoms with Crippen molar-refractivity contribution in [3.05, 3.63) is 59.0 Å². The molecular formula is C19H16O6. The van der Waals surface area contributed by atoms with E-state index in [1.54, 1.807) is 49.6 Å². The zero-order valence-corrected chi connectivity index (χ0v) is 13.8. The van der Waals surface area contributed by atoms with E-state index in [0.29, 0.717) is 28.2 Å². The molecule has 0 aliphatic rings. The molecule has 2 aromatic carbocycles. The summed E-state index contributed by atoms with van der Waals surface area (Å²) in [6.45, 7) is 1.40. The van der Waals surface area contributed by atoms with Crippen molar-refractivity contribution in [3.63, 3.8) is 0 Å². The molecule has 1 heterocycles. The first-order chi connectivity index (χ1) is 12.1. The van der Waals surface area contributed by atoms with Crippen molar-refractivity contribution in [3.8, 4) is 23.0 Å². The Labute approximate surface area is 143 Å². The van der Waals surface area contributed by atoms with E-state index in [2.05, 4.69) is 0 Å². The van der Waals surface area contributed by atoms with Crippen LogP contribution in [-0.2, 0) is 4.79 Å². The Morgan fingerprint density at radius 2 is 1.88 bits per heavy atom. The maximum absolute atomic E-state index is 12.6. The smallest absolute Gasteiger partial charge is 0.235 e. The Balaban J connectivity index is 1.90. The van der Waals surface area contributed by atoms with Gasteiger partial charge in [-0.3, -0.25) is 9.59 Å². The second-order valence-electron chi connectivity index (χ2n) is 5.36.